The van der Waals surface area contributed by atoms with E-state index in [0.717, 1.165) is 24.3 Å². The summed E-state index contributed by atoms with van der Waals surface area (Å²) in [5.74, 6) is -1.94. The lowest BCUT2D eigenvalue weighted by atomic mass is 9.96. The molecule has 3 rings (SSSR count). The molecule has 170 valence electrons. The minimum atomic E-state index is -4.47. The number of carbonyl (C=O) groups is 3. The minimum absolute atomic E-state index is 0.148. The van der Waals surface area contributed by atoms with E-state index in [1.54, 1.807) is 24.3 Å². The van der Waals surface area contributed by atoms with Crippen LogP contribution in [0.1, 0.15) is 28.8 Å². The molecule has 2 aromatic rings. The maximum atomic E-state index is 12.7. The molecule has 0 unspecified atom stereocenters. The Balaban J connectivity index is 1.45. The molecule has 0 bridgehead atoms. The molecule has 0 spiro atoms. The number of carbonyl (C=O) groups excluding carboxylic acids is 3. The number of hydrogen-bond donors (Lipinski definition) is 1. The Morgan fingerprint density at radius 2 is 1.66 bits per heavy atom. The van der Waals surface area contributed by atoms with E-state index >= 15 is 0 Å². The standard InChI is InChI=1S/C22H20ClF3N2O4/c23-17-3-1-2-4-18(17)27-19(29)13-32-21(31)15-9-11-28(12-10-15)20(30)14-5-7-16(8-6-14)22(24,25)26/h1-8,15H,9-13H2,(H,27,29). The summed E-state index contributed by atoms with van der Waals surface area (Å²) in [6.45, 7) is 0.0473. The fraction of sp³-hybridized carbons (Fsp3) is 0.318. The number of rotatable bonds is 5. The van der Waals surface area contributed by atoms with Crippen LogP contribution in [0.5, 0.6) is 0 Å². The van der Waals surface area contributed by atoms with Gasteiger partial charge in [-0.25, -0.2) is 0 Å². The summed E-state index contributed by atoms with van der Waals surface area (Å²) < 4.78 is 43.1. The number of esters is 1. The number of anilines is 1. The SMILES string of the molecule is O=C(COC(=O)C1CCN(C(=O)c2ccc(C(F)(F)F)cc2)CC1)Nc1ccccc1Cl. The number of ether oxygens (including phenoxy) is 1. The number of nitrogens with one attached hydrogen (secondary N) is 1. The van der Waals surface area contributed by atoms with Gasteiger partial charge >= 0.3 is 12.1 Å². The average Bonchev–Trinajstić information content (AvgIpc) is 2.78. The van der Waals surface area contributed by atoms with Crippen LogP contribution in [0, 0.1) is 5.92 Å². The Bertz CT molecular complexity index is 987. The van der Waals surface area contributed by atoms with Gasteiger partial charge in [0.15, 0.2) is 6.61 Å². The van der Waals surface area contributed by atoms with Crippen molar-refractivity contribution in [1.29, 1.82) is 0 Å². The van der Waals surface area contributed by atoms with Crippen LogP contribution >= 0.6 is 11.6 Å². The fourth-order valence-electron chi connectivity index (χ4n) is 3.31. The molecule has 32 heavy (non-hydrogen) atoms. The smallest absolute Gasteiger partial charge is 0.416 e. The summed E-state index contributed by atoms with van der Waals surface area (Å²) >= 11 is 5.96. The molecule has 0 saturated carbocycles. The summed E-state index contributed by atoms with van der Waals surface area (Å²) in [6.07, 6.45) is -3.81. The molecular weight excluding hydrogens is 449 g/mol. The number of benzene rings is 2. The number of likely N-dealkylation sites (tertiary alicyclic amines) is 1. The third kappa shape index (κ3) is 6.00. The predicted molar refractivity (Wildman–Crippen MR) is 111 cm³/mol. The van der Waals surface area contributed by atoms with Crippen LogP contribution < -0.4 is 5.32 Å². The highest BCUT2D eigenvalue weighted by Crippen LogP contribution is 2.29. The number of amides is 2. The molecule has 2 aromatic carbocycles. The number of piperidine rings is 1. The van der Waals surface area contributed by atoms with Crippen LogP contribution in [0.25, 0.3) is 0 Å². The van der Waals surface area contributed by atoms with Crippen LogP contribution in [0.2, 0.25) is 5.02 Å². The second-order valence-corrected chi connectivity index (χ2v) is 7.68. The molecule has 1 heterocycles. The summed E-state index contributed by atoms with van der Waals surface area (Å²) in [7, 11) is 0. The van der Waals surface area contributed by atoms with Gasteiger partial charge in [-0.1, -0.05) is 23.7 Å². The molecule has 0 aromatic heterocycles. The first-order valence-corrected chi connectivity index (χ1v) is 10.2. The van der Waals surface area contributed by atoms with Gasteiger partial charge in [0.25, 0.3) is 11.8 Å². The first-order chi connectivity index (χ1) is 15.1. The van der Waals surface area contributed by atoms with Gasteiger partial charge < -0.3 is 15.0 Å². The number of nitrogens with zero attached hydrogens (tertiary/aromatic N) is 1. The highest BCUT2D eigenvalue weighted by atomic mass is 35.5. The minimum Gasteiger partial charge on any atom is -0.455 e. The third-order valence-corrected chi connectivity index (χ3v) is 5.40. The van der Waals surface area contributed by atoms with Crippen LogP contribution in [-0.2, 0) is 20.5 Å². The summed E-state index contributed by atoms with van der Waals surface area (Å²) in [6, 6.07) is 10.7. The number of para-hydroxylation sites is 1. The van der Waals surface area contributed by atoms with Gasteiger partial charge in [0.2, 0.25) is 0 Å². The van der Waals surface area contributed by atoms with E-state index in [2.05, 4.69) is 5.32 Å². The molecule has 0 aliphatic carbocycles. The first-order valence-electron chi connectivity index (χ1n) is 9.82. The molecule has 1 fully saturated rings. The maximum Gasteiger partial charge on any atom is 0.416 e. The van der Waals surface area contributed by atoms with Gasteiger partial charge in [-0.2, -0.15) is 13.2 Å². The van der Waals surface area contributed by atoms with Crippen molar-refractivity contribution >= 4 is 35.1 Å². The topological polar surface area (TPSA) is 75.7 Å². The Morgan fingerprint density at radius 1 is 1.03 bits per heavy atom. The van der Waals surface area contributed by atoms with Gasteiger partial charge in [0.1, 0.15) is 0 Å². The first kappa shape index (κ1) is 23.6. The van der Waals surface area contributed by atoms with E-state index in [0.29, 0.717) is 23.6 Å². The van der Waals surface area contributed by atoms with E-state index in [9.17, 15) is 27.6 Å². The Labute approximate surface area is 187 Å². The lowest BCUT2D eigenvalue weighted by Crippen LogP contribution is -2.41. The Hall–Kier alpha value is -3.07. The quantitative estimate of drug-likeness (QED) is 0.660. The van der Waals surface area contributed by atoms with Gasteiger partial charge in [0, 0.05) is 18.7 Å². The monoisotopic (exact) mass is 468 g/mol. The van der Waals surface area contributed by atoms with Gasteiger partial charge in [0.05, 0.1) is 22.2 Å². The largest absolute Gasteiger partial charge is 0.455 e. The van der Waals surface area contributed by atoms with Crippen LogP contribution in [-0.4, -0.2) is 42.4 Å². The van der Waals surface area contributed by atoms with Crippen LogP contribution in [0.15, 0.2) is 48.5 Å². The van der Waals surface area contributed by atoms with Crippen molar-refractivity contribution in [1.82, 2.24) is 4.90 Å². The number of alkyl halides is 3. The fourth-order valence-corrected chi connectivity index (χ4v) is 3.49. The molecule has 0 atom stereocenters. The molecule has 6 nitrogen and oxygen atoms in total. The molecule has 1 saturated heterocycles. The van der Waals surface area contributed by atoms with E-state index in [1.165, 1.54) is 4.90 Å². The second kappa shape index (κ2) is 10.0. The highest BCUT2D eigenvalue weighted by molar-refractivity contribution is 6.33. The van der Waals surface area contributed by atoms with Crippen LogP contribution in [0.4, 0.5) is 18.9 Å². The lowest BCUT2D eigenvalue weighted by Gasteiger charge is -2.31. The van der Waals surface area contributed by atoms with Crippen molar-refractivity contribution < 1.29 is 32.3 Å². The lowest BCUT2D eigenvalue weighted by molar-refractivity contribution is -0.152. The molecule has 1 N–H and O–H groups in total. The summed E-state index contributed by atoms with van der Waals surface area (Å²) in [5.41, 5.74) is -0.269. The van der Waals surface area contributed by atoms with Gasteiger partial charge in [-0.05, 0) is 49.2 Å². The zero-order valence-corrected chi connectivity index (χ0v) is 17.6. The maximum absolute atomic E-state index is 12.7. The Kier molecular flexibility index (Phi) is 7.40. The second-order valence-electron chi connectivity index (χ2n) is 7.28. The third-order valence-electron chi connectivity index (χ3n) is 5.07. The zero-order valence-electron chi connectivity index (χ0n) is 16.8. The molecular formula is C22H20ClF3N2O4. The van der Waals surface area contributed by atoms with Gasteiger partial charge in [-0.3, -0.25) is 14.4 Å². The van der Waals surface area contributed by atoms with Crippen molar-refractivity contribution in [2.24, 2.45) is 5.92 Å². The number of halogens is 4. The van der Waals surface area contributed by atoms with E-state index in [-0.39, 0.29) is 18.7 Å². The summed E-state index contributed by atoms with van der Waals surface area (Å²) in [5, 5.41) is 2.91. The summed E-state index contributed by atoms with van der Waals surface area (Å²) in [4.78, 5) is 38.2. The molecule has 10 heteroatoms. The van der Waals surface area contributed by atoms with Crippen molar-refractivity contribution in [2.75, 3.05) is 25.0 Å². The van der Waals surface area contributed by atoms with E-state index in [4.69, 9.17) is 16.3 Å². The molecule has 1 aliphatic heterocycles. The zero-order chi connectivity index (χ0) is 23.3. The van der Waals surface area contributed by atoms with Crippen molar-refractivity contribution in [2.45, 2.75) is 19.0 Å². The average molecular weight is 469 g/mol. The number of hydrogen-bond acceptors (Lipinski definition) is 4. The highest BCUT2D eigenvalue weighted by Gasteiger charge is 2.32. The normalized spacial score (nSPS) is 14.7. The van der Waals surface area contributed by atoms with E-state index in [1.807, 2.05) is 0 Å². The Morgan fingerprint density at radius 3 is 2.25 bits per heavy atom. The van der Waals surface area contributed by atoms with Crippen molar-refractivity contribution in [3.05, 3.63) is 64.7 Å². The van der Waals surface area contributed by atoms with Gasteiger partial charge in [-0.15, -0.1) is 0 Å². The molecule has 0 radical (unpaired) electrons. The van der Waals surface area contributed by atoms with Crippen LogP contribution in [0.3, 0.4) is 0 Å². The molecule has 2 amide bonds. The predicted octanol–water partition coefficient (Wildman–Crippen LogP) is 4.39. The molecule has 1 aliphatic rings. The van der Waals surface area contributed by atoms with E-state index < -0.39 is 42.0 Å². The van der Waals surface area contributed by atoms with Crippen molar-refractivity contribution in [3.63, 3.8) is 0 Å². The van der Waals surface area contributed by atoms with Crippen molar-refractivity contribution in [3.8, 4) is 0 Å².